The molecule has 31 heavy (non-hydrogen) atoms. The lowest BCUT2D eigenvalue weighted by atomic mass is 9.98. The van der Waals surface area contributed by atoms with Gasteiger partial charge in [0.25, 0.3) is 0 Å². The van der Waals surface area contributed by atoms with Gasteiger partial charge in [-0.15, -0.1) is 0 Å². The van der Waals surface area contributed by atoms with Gasteiger partial charge in [0.15, 0.2) is 0 Å². The van der Waals surface area contributed by atoms with Crippen LogP contribution in [0.5, 0.6) is 5.75 Å². The van der Waals surface area contributed by atoms with Gasteiger partial charge in [-0.1, -0.05) is 42.5 Å². The molecular weight excluding hydrogens is 386 g/mol. The SMILES string of the molecule is C[C@H](c1cccc2c#cccc12)N(C[C@H]1CCc2ccccc2O1)C(=O)OC(C)(C)C. The average Bonchev–Trinajstić information content (AvgIpc) is 2.75. The number of benzene rings is 2. The molecule has 0 radical (unpaired) electrons. The molecule has 1 aliphatic rings. The highest BCUT2D eigenvalue weighted by Gasteiger charge is 2.31. The first-order valence-corrected chi connectivity index (χ1v) is 10.9. The molecule has 0 fully saturated rings. The lowest BCUT2D eigenvalue weighted by Gasteiger charge is -2.36. The summed E-state index contributed by atoms with van der Waals surface area (Å²) < 4.78 is 12.0. The molecule has 1 aliphatic heterocycles. The number of hydrogen-bond acceptors (Lipinski definition) is 3. The molecule has 4 rings (SSSR count). The second-order valence-electron chi connectivity index (χ2n) is 9.11. The van der Waals surface area contributed by atoms with E-state index in [1.54, 1.807) is 4.90 Å². The predicted octanol–water partition coefficient (Wildman–Crippen LogP) is 6.13. The topological polar surface area (TPSA) is 38.8 Å². The fourth-order valence-electron chi connectivity index (χ4n) is 4.09. The Balaban J connectivity index is 1.63. The van der Waals surface area contributed by atoms with Gasteiger partial charge >= 0.3 is 6.09 Å². The Morgan fingerprint density at radius 3 is 2.81 bits per heavy atom. The van der Waals surface area contributed by atoms with Gasteiger partial charge in [0.1, 0.15) is 17.5 Å². The third-order valence-electron chi connectivity index (χ3n) is 5.63. The molecule has 2 atom stereocenters. The Bertz CT molecular complexity index is 1060. The van der Waals surface area contributed by atoms with Crippen molar-refractivity contribution in [3.8, 4) is 5.75 Å². The summed E-state index contributed by atoms with van der Waals surface area (Å²) in [5.74, 6) is 0.908. The number of nitrogens with zero attached hydrogens (tertiary/aromatic N) is 1. The lowest BCUT2D eigenvalue weighted by Crippen LogP contribution is -2.44. The van der Waals surface area contributed by atoms with Crippen LogP contribution in [0.4, 0.5) is 4.79 Å². The molecule has 1 amide bonds. The number of amides is 1. The largest absolute Gasteiger partial charge is 0.488 e. The van der Waals surface area contributed by atoms with Crippen LogP contribution in [-0.4, -0.2) is 29.2 Å². The van der Waals surface area contributed by atoms with Crippen molar-refractivity contribution in [1.29, 1.82) is 0 Å². The van der Waals surface area contributed by atoms with Gasteiger partial charge in [0.05, 0.1) is 12.6 Å². The van der Waals surface area contributed by atoms with Gasteiger partial charge in [-0.2, -0.15) is 0 Å². The Hall–Kier alpha value is -3.19. The normalized spacial score (nSPS) is 16.6. The van der Waals surface area contributed by atoms with Crippen molar-refractivity contribution in [2.24, 2.45) is 0 Å². The van der Waals surface area contributed by atoms with Crippen molar-refractivity contribution >= 4 is 16.9 Å². The minimum Gasteiger partial charge on any atom is -0.488 e. The second-order valence-corrected chi connectivity index (χ2v) is 9.11. The first-order valence-electron chi connectivity index (χ1n) is 10.9. The molecule has 4 nitrogen and oxygen atoms in total. The number of rotatable bonds is 4. The maximum absolute atomic E-state index is 13.3. The molecule has 3 aromatic rings. The van der Waals surface area contributed by atoms with Crippen LogP contribution in [0.25, 0.3) is 10.8 Å². The van der Waals surface area contributed by atoms with Crippen molar-refractivity contribution in [2.75, 3.05) is 6.54 Å². The van der Waals surface area contributed by atoms with E-state index in [0.29, 0.717) is 6.54 Å². The molecule has 0 unspecified atom stereocenters. The fraction of sp³-hybridized carbons (Fsp3) is 0.370. The summed E-state index contributed by atoms with van der Waals surface area (Å²) in [6.45, 7) is 8.19. The first-order chi connectivity index (χ1) is 14.8. The quantitative estimate of drug-likeness (QED) is 0.514. The highest BCUT2D eigenvalue weighted by Crippen LogP contribution is 2.32. The molecule has 0 aliphatic carbocycles. The summed E-state index contributed by atoms with van der Waals surface area (Å²) >= 11 is 0. The monoisotopic (exact) mass is 415 g/mol. The Morgan fingerprint density at radius 1 is 1.19 bits per heavy atom. The van der Waals surface area contributed by atoms with Crippen molar-refractivity contribution < 1.29 is 14.3 Å². The van der Waals surface area contributed by atoms with Crippen LogP contribution in [0.15, 0.2) is 54.6 Å². The van der Waals surface area contributed by atoms with Crippen molar-refractivity contribution in [1.82, 2.24) is 4.90 Å². The predicted molar refractivity (Wildman–Crippen MR) is 122 cm³/mol. The molecule has 0 spiro atoms. The van der Waals surface area contributed by atoms with Crippen LogP contribution in [-0.2, 0) is 11.2 Å². The standard InChI is InChI=1S/C27H29NO3/c1-19(23-14-9-12-20-10-5-7-13-24(20)23)28(26(29)31-27(2,3)4)18-22-17-16-21-11-6-8-15-25(21)30-22/h6-9,11-15,19,22H,16-18H2,1-4H3/t19-,22-/m1/s1. The number of carbonyl (C=O) groups excluding carboxylic acids is 1. The fourth-order valence-corrected chi connectivity index (χ4v) is 4.09. The number of fused-ring (bicyclic) bond motifs is 2. The van der Waals surface area contributed by atoms with Crippen LogP contribution in [0.2, 0.25) is 0 Å². The van der Waals surface area contributed by atoms with Crippen LogP contribution in [0.1, 0.15) is 51.3 Å². The summed E-state index contributed by atoms with van der Waals surface area (Å²) in [4.78, 5) is 15.1. The Kier molecular flexibility index (Phi) is 5.78. The number of hydrogen-bond donors (Lipinski definition) is 0. The van der Waals surface area contributed by atoms with E-state index in [4.69, 9.17) is 9.47 Å². The molecule has 0 N–H and O–H groups in total. The second kappa shape index (κ2) is 8.51. The molecular formula is C27H29NO3. The number of para-hydroxylation sites is 1. The zero-order chi connectivity index (χ0) is 22.0. The van der Waals surface area contributed by atoms with E-state index < -0.39 is 5.60 Å². The highest BCUT2D eigenvalue weighted by molar-refractivity contribution is 5.85. The van der Waals surface area contributed by atoms with Gasteiger partial charge in [0.2, 0.25) is 0 Å². The van der Waals surface area contributed by atoms with Gasteiger partial charge < -0.3 is 9.47 Å². The molecule has 0 saturated carbocycles. The highest BCUT2D eigenvalue weighted by atomic mass is 16.6. The van der Waals surface area contributed by atoms with Crippen LogP contribution in [0.3, 0.4) is 0 Å². The van der Waals surface area contributed by atoms with E-state index in [9.17, 15) is 4.79 Å². The smallest absolute Gasteiger partial charge is 0.410 e. The minimum atomic E-state index is -0.573. The van der Waals surface area contributed by atoms with E-state index in [1.807, 2.05) is 70.2 Å². The van der Waals surface area contributed by atoms with E-state index in [1.165, 1.54) is 5.56 Å². The zero-order valence-electron chi connectivity index (χ0n) is 18.6. The van der Waals surface area contributed by atoms with Crippen molar-refractivity contribution in [3.05, 3.63) is 77.9 Å². The van der Waals surface area contributed by atoms with E-state index in [2.05, 4.69) is 24.3 Å². The molecule has 3 aromatic carbocycles. The third kappa shape index (κ3) is 4.77. The van der Waals surface area contributed by atoms with Gasteiger partial charge in [-0.3, -0.25) is 4.90 Å². The Labute approximate surface area is 184 Å². The maximum Gasteiger partial charge on any atom is 0.410 e. The summed E-state index contributed by atoms with van der Waals surface area (Å²) in [5, 5.41) is 2.05. The number of aryl methyl sites for hydroxylation is 1. The number of ether oxygens (including phenoxy) is 2. The third-order valence-corrected chi connectivity index (χ3v) is 5.63. The molecule has 0 bridgehead atoms. The van der Waals surface area contributed by atoms with Crippen molar-refractivity contribution in [2.45, 2.75) is 58.3 Å². The molecule has 4 heteroatoms. The van der Waals surface area contributed by atoms with E-state index >= 15 is 0 Å². The summed E-state index contributed by atoms with van der Waals surface area (Å²) in [5.41, 5.74) is 1.71. The Morgan fingerprint density at radius 2 is 2.00 bits per heavy atom. The molecule has 160 valence electrons. The molecule has 0 saturated heterocycles. The van der Waals surface area contributed by atoms with E-state index in [-0.39, 0.29) is 18.2 Å². The van der Waals surface area contributed by atoms with Crippen LogP contribution < -0.4 is 4.74 Å². The maximum atomic E-state index is 13.3. The summed E-state index contributed by atoms with van der Waals surface area (Å²) in [6, 6.07) is 24.1. The summed E-state index contributed by atoms with van der Waals surface area (Å²) in [6.07, 6.45) is 1.39. The summed E-state index contributed by atoms with van der Waals surface area (Å²) in [7, 11) is 0. The van der Waals surface area contributed by atoms with Gasteiger partial charge in [0, 0.05) is 5.39 Å². The average molecular weight is 416 g/mol. The molecule has 1 heterocycles. The number of carbonyl (C=O) groups is 1. The van der Waals surface area contributed by atoms with E-state index in [0.717, 1.165) is 34.9 Å². The van der Waals surface area contributed by atoms with Crippen molar-refractivity contribution in [3.63, 3.8) is 0 Å². The van der Waals surface area contributed by atoms with Crippen LogP contribution in [0, 0.1) is 12.1 Å². The molecule has 0 aromatic heterocycles. The lowest BCUT2D eigenvalue weighted by molar-refractivity contribution is 0.00630. The minimum absolute atomic E-state index is 0.0836. The van der Waals surface area contributed by atoms with Gasteiger partial charge in [-0.05, 0) is 81.3 Å². The first kappa shape index (κ1) is 21.1. The zero-order valence-corrected chi connectivity index (χ0v) is 18.6. The van der Waals surface area contributed by atoms with Gasteiger partial charge in [-0.25, -0.2) is 4.79 Å². The van der Waals surface area contributed by atoms with Crippen LogP contribution >= 0.6 is 0 Å².